The molecule has 0 fully saturated rings. The highest BCUT2D eigenvalue weighted by Crippen LogP contribution is 2.29. The second-order valence-electron chi connectivity index (χ2n) is 6.63. The van der Waals surface area contributed by atoms with Gasteiger partial charge in [0.2, 0.25) is 0 Å². The monoisotopic (exact) mass is 407 g/mol. The highest BCUT2D eigenvalue weighted by molar-refractivity contribution is 6.06. The van der Waals surface area contributed by atoms with E-state index < -0.39 is 17.6 Å². The van der Waals surface area contributed by atoms with Crippen LogP contribution < -0.4 is 10.2 Å². The lowest BCUT2D eigenvalue weighted by atomic mass is 10.1. The smallest absolute Gasteiger partial charge is 0.377 e. The zero-order valence-corrected chi connectivity index (χ0v) is 16.8. The number of hydrogen-bond acceptors (Lipinski definition) is 3. The number of rotatable bonds is 6. The van der Waals surface area contributed by atoms with E-state index in [2.05, 4.69) is 5.32 Å². The topological polar surface area (TPSA) is 52.7 Å². The van der Waals surface area contributed by atoms with Gasteiger partial charge in [-0.15, -0.1) is 0 Å². The lowest BCUT2D eigenvalue weighted by molar-refractivity contribution is -0.137. The first-order chi connectivity index (χ1) is 13.6. The second-order valence-corrected chi connectivity index (χ2v) is 6.63. The van der Waals surface area contributed by atoms with Crippen molar-refractivity contribution in [3.8, 4) is 0 Å². The van der Waals surface area contributed by atoms with Crippen molar-refractivity contribution in [2.24, 2.45) is 0 Å². The van der Waals surface area contributed by atoms with Crippen LogP contribution >= 0.6 is 0 Å². The summed E-state index contributed by atoms with van der Waals surface area (Å²) in [5.74, 6) is -0.720. The molecule has 0 bridgehead atoms. The van der Waals surface area contributed by atoms with E-state index in [4.69, 9.17) is 0 Å². The summed E-state index contributed by atoms with van der Waals surface area (Å²) in [6.45, 7) is 4.86. The summed E-state index contributed by atoms with van der Waals surface area (Å²) in [6.07, 6.45) is -4.46. The van der Waals surface area contributed by atoms with Crippen molar-refractivity contribution in [3.63, 3.8) is 0 Å². The Kier molecular flexibility index (Phi) is 6.89. The average Bonchev–Trinajstić information content (AvgIpc) is 2.68. The molecule has 0 saturated carbocycles. The first kappa shape index (κ1) is 22.3. The largest absolute Gasteiger partial charge is 0.416 e. The molecule has 0 saturated heterocycles. The van der Waals surface area contributed by atoms with Crippen molar-refractivity contribution >= 4 is 23.2 Å². The number of anilines is 2. The van der Waals surface area contributed by atoms with Gasteiger partial charge in [-0.1, -0.05) is 0 Å². The summed E-state index contributed by atoms with van der Waals surface area (Å²) in [4.78, 5) is 28.7. The van der Waals surface area contributed by atoms with Gasteiger partial charge in [-0.25, -0.2) is 0 Å². The van der Waals surface area contributed by atoms with Crippen LogP contribution in [0.15, 0.2) is 42.5 Å². The molecular formula is C21H24F3N3O2. The number of halogens is 3. The van der Waals surface area contributed by atoms with Gasteiger partial charge < -0.3 is 15.1 Å². The van der Waals surface area contributed by atoms with Gasteiger partial charge in [0.1, 0.15) is 0 Å². The molecule has 2 aromatic rings. The first-order valence-electron chi connectivity index (χ1n) is 9.17. The van der Waals surface area contributed by atoms with Gasteiger partial charge in [-0.3, -0.25) is 9.59 Å². The van der Waals surface area contributed by atoms with Crippen molar-refractivity contribution in [1.82, 2.24) is 4.90 Å². The third kappa shape index (κ3) is 5.28. The number of nitrogens with one attached hydrogen (secondary N) is 1. The molecule has 29 heavy (non-hydrogen) atoms. The van der Waals surface area contributed by atoms with Gasteiger partial charge in [0.15, 0.2) is 0 Å². The third-order valence-corrected chi connectivity index (χ3v) is 4.49. The summed E-state index contributed by atoms with van der Waals surface area (Å²) < 4.78 is 38.0. The Morgan fingerprint density at radius 2 is 1.55 bits per heavy atom. The lowest BCUT2D eigenvalue weighted by Gasteiger charge is -2.23. The number of carbonyl (C=O) groups is 2. The molecule has 0 aliphatic carbocycles. The number of hydrogen-bond donors (Lipinski definition) is 1. The molecule has 156 valence electrons. The summed E-state index contributed by atoms with van der Waals surface area (Å²) in [6, 6.07) is 8.91. The van der Waals surface area contributed by atoms with Crippen molar-refractivity contribution in [2.75, 3.05) is 37.4 Å². The van der Waals surface area contributed by atoms with Gasteiger partial charge in [-0.2, -0.15) is 13.2 Å². The second kappa shape index (κ2) is 8.98. The Balaban J connectivity index is 2.30. The van der Waals surface area contributed by atoms with E-state index in [9.17, 15) is 22.8 Å². The molecule has 0 aliphatic heterocycles. The maximum atomic E-state index is 12.9. The van der Waals surface area contributed by atoms with E-state index in [-0.39, 0.29) is 11.5 Å². The average molecular weight is 407 g/mol. The molecule has 0 atom stereocenters. The van der Waals surface area contributed by atoms with Gasteiger partial charge >= 0.3 is 6.18 Å². The summed E-state index contributed by atoms with van der Waals surface area (Å²) in [5, 5.41) is 2.64. The van der Waals surface area contributed by atoms with Crippen LogP contribution in [0.2, 0.25) is 0 Å². The summed E-state index contributed by atoms with van der Waals surface area (Å²) in [5.41, 5.74) is 0.789. The maximum absolute atomic E-state index is 12.9. The molecule has 2 rings (SSSR count). The number of alkyl halides is 3. The van der Waals surface area contributed by atoms with Crippen molar-refractivity contribution in [3.05, 3.63) is 59.2 Å². The Morgan fingerprint density at radius 1 is 0.966 bits per heavy atom. The van der Waals surface area contributed by atoms with E-state index >= 15 is 0 Å². The molecule has 2 amide bonds. The van der Waals surface area contributed by atoms with Gasteiger partial charge in [0, 0.05) is 44.1 Å². The summed E-state index contributed by atoms with van der Waals surface area (Å²) >= 11 is 0. The Bertz CT molecular complexity index is 874. The van der Waals surface area contributed by atoms with Crippen LogP contribution in [0, 0.1) is 0 Å². The van der Waals surface area contributed by atoms with Crippen LogP contribution in [0.25, 0.3) is 0 Å². The van der Waals surface area contributed by atoms with Crippen LogP contribution in [0.4, 0.5) is 24.5 Å². The normalized spacial score (nSPS) is 11.1. The van der Waals surface area contributed by atoms with Crippen molar-refractivity contribution in [1.29, 1.82) is 0 Å². The standard InChI is InChI=1S/C21H24F3N3O2/c1-5-27(6-2)20(29)17-13-16(11-12-18(17)26(3)4)25-19(28)14-7-9-15(10-8-14)21(22,23)24/h7-13H,5-6H2,1-4H3,(H,25,28). The van der Waals surface area contributed by atoms with Gasteiger partial charge in [0.05, 0.1) is 11.1 Å². The molecular weight excluding hydrogens is 383 g/mol. The number of nitrogens with zero attached hydrogens (tertiary/aromatic N) is 2. The predicted octanol–water partition coefficient (Wildman–Crippen LogP) is 4.51. The predicted molar refractivity (Wildman–Crippen MR) is 107 cm³/mol. The van der Waals surface area contributed by atoms with Gasteiger partial charge in [-0.05, 0) is 56.3 Å². The van der Waals surface area contributed by atoms with Gasteiger partial charge in [0.25, 0.3) is 11.8 Å². The Labute approximate surface area is 168 Å². The number of benzene rings is 2. The fourth-order valence-corrected chi connectivity index (χ4v) is 2.87. The molecule has 1 N–H and O–H groups in total. The lowest BCUT2D eigenvalue weighted by Crippen LogP contribution is -2.31. The SMILES string of the molecule is CCN(CC)C(=O)c1cc(NC(=O)c2ccc(C(F)(F)F)cc2)ccc1N(C)C. The molecule has 0 radical (unpaired) electrons. The van der Waals surface area contributed by atoms with Crippen LogP contribution in [-0.4, -0.2) is 43.9 Å². The van der Waals surface area contributed by atoms with E-state index in [1.54, 1.807) is 28.0 Å². The Hall–Kier alpha value is -3.03. The van der Waals surface area contributed by atoms with Crippen LogP contribution in [0.5, 0.6) is 0 Å². The molecule has 5 nitrogen and oxygen atoms in total. The highest BCUT2D eigenvalue weighted by atomic mass is 19.4. The van der Waals surface area contributed by atoms with Crippen LogP contribution in [-0.2, 0) is 6.18 Å². The van der Waals surface area contributed by atoms with Crippen LogP contribution in [0.1, 0.15) is 40.1 Å². The molecule has 0 unspecified atom stereocenters. The molecule has 0 spiro atoms. The van der Waals surface area contributed by atoms with E-state index in [0.29, 0.717) is 30.0 Å². The highest BCUT2D eigenvalue weighted by Gasteiger charge is 2.30. The summed E-state index contributed by atoms with van der Waals surface area (Å²) in [7, 11) is 3.63. The fourth-order valence-electron chi connectivity index (χ4n) is 2.87. The molecule has 8 heteroatoms. The number of amides is 2. The Morgan fingerprint density at radius 3 is 2.03 bits per heavy atom. The minimum atomic E-state index is -4.46. The minimum absolute atomic E-state index is 0.0892. The van der Waals surface area contributed by atoms with Crippen LogP contribution in [0.3, 0.4) is 0 Å². The zero-order valence-electron chi connectivity index (χ0n) is 16.8. The van der Waals surface area contributed by atoms with Crippen molar-refractivity contribution in [2.45, 2.75) is 20.0 Å². The fraction of sp³-hybridized carbons (Fsp3) is 0.333. The van der Waals surface area contributed by atoms with Crippen molar-refractivity contribution < 1.29 is 22.8 Å². The number of carbonyl (C=O) groups excluding carboxylic acids is 2. The maximum Gasteiger partial charge on any atom is 0.416 e. The van der Waals surface area contributed by atoms with E-state index in [1.807, 2.05) is 27.9 Å². The minimum Gasteiger partial charge on any atom is -0.377 e. The molecule has 0 heterocycles. The first-order valence-corrected chi connectivity index (χ1v) is 9.17. The van der Waals surface area contributed by atoms with E-state index in [0.717, 1.165) is 24.3 Å². The zero-order chi connectivity index (χ0) is 21.8. The third-order valence-electron chi connectivity index (χ3n) is 4.49. The molecule has 0 aliphatic rings. The molecule has 0 aromatic heterocycles. The van der Waals surface area contributed by atoms with E-state index in [1.165, 1.54) is 0 Å². The quantitative estimate of drug-likeness (QED) is 0.767. The molecule has 2 aromatic carbocycles.